The fraction of sp³-hybridized carbons (Fsp3) is 0.103. The molecule has 4 atom stereocenters. The minimum absolute atomic E-state index is 0.299. The molecule has 0 aliphatic heterocycles. The van der Waals surface area contributed by atoms with E-state index < -0.39 is 0 Å². The first-order valence-electron chi connectivity index (χ1n) is 21.2. The van der Waals surface area contributed by atoms with E-state index >= 15 is 0 Å². The van der Waals surface area contributed by atoms with E-state index in [-0.39, 0.29) is 0 Å². The predicted octanol–water partition coefficient (Wildman–Crippen LogP) is 14.4. The Kier molecular flexibility index (Phi) is 5.55. The van der Waals surface area contributed by atoms with Crippen LogP contribution in [0.15, 0.2) is 192 Å². The summed E-state index contributed by atoms with van der Waals surface area (Å²) in [5, 5.41) is 5.62. The van der Waals surface area contributed by atoms with Crippen LogP contribution in [0.2, 0.25) is 0 Å². The van der Waals surface area contributed by atoms with E-state index in [9.17, 15) is 0 Å². The fourth-order valence-corrected chi connectivity index (χ4v) is 13.1. The van der Waals surface area contributed by atoms with E-state index in [1.807, 2.05) is 0 Å². The van der Waals surface area contributed by atoms with Gasteiger partial charge in [-0.1, -0.05) is 152 Å². The Morgan fingerprint density at radius 1 is 0.379 bits per heavy atom. The molecular formula is C58H36. The van der Waals surface area contributed by atoms with Gasteiger partial charge in [0.25, 0.3) is 0 Å². The molecule has 0 bridgehead atoms. The van der Waals surface area contributed by atoms with E-state index in [4.69, 9.17) is 0 Å². The summed E-state index contributed by atoms with van der Waals surface area (Å²) in [6.45, 7) is 0. The Hall–Kier alpha value is -6.76. The Bertz CT molecular complexity index is 3360. The topological polar surface area (TPSA) is 0 Å². The predicted molar refractivity (Wildman–Crippen MR) is 242 cm³/mol. The zero-order valence-corrected chi connectivity index (χ0v) is 31.9. The Balaban J connectivity index is 0.931. The summed E-state index contributed by atoms with van der Waals surface area (Å²) in [5.41, 5.74) is 28.9. The zero-order chi connectivity index (χ0) is 37.4. The molecule has 6 aromatic rings. The number of hydrogen-bond donors (Lipinski definition) is 0. The average Bonchev–Trinajstić information content (AvgIpc) is 3.92. The highest BCUT2D eigenvalue weighted by atomic mass is 14.6. The minimum Gasteiger partial charge on any atom is -0.0836 e. The highest BCUT2D eigenvalue weighted by molar-refractivity contribution is 6.24. The van der Waals surface area contributed by atoms with Gasteiger partial charge in [-0.2, -0.15) is 0 Å². The zero-order valence-electron chi connectivity index (χ0n) is 31.9. The van der Waals surface area contributed by atoms with Crippen molar-refractivity contribution in [3.63, 3.8) is 0 Å². The number of hydrogen-bond acceptors (Lipinski definition) is 0. The van der Waals surface area contributed by atoms with Gasteiger partial charge in [0.1, 0.15) is 0 Å². The van der Waals surface area contributed by atoms with Gasteiger partial charge in [0.2, 0.25) is 0 Å². The molecule has 58 heavy (non-hydrogen) atoms. The molecule has 9 aliphatic carbocycles. The summed E-state index contributed by atoms with van der Waals surface area (Å²) < 4.78 is 0. The van der Waals surface area contributed by atoms with Crippen molar-refractivity contribution in [2.24, 2.45) is 23.7 Å². The van der Waals surface area contributed by atoms with Gasteiger partial charge >= 0.3 is 0 Å². The molecule has 0 amide bonds. The normalized spacial score (nSPS) is 24.1. The molecule has 0 heteroatoms. The van der Waals surface area contributed by atoms with Crippen LogP contribution < -0.4 is 0 Å². The van der Waals surface area contributed by atoms with Gasteiger partial charge in [-0.15, -0.1) is 0 Å². The monoisotopic (exact) mass is 732 g/mol. The van der Waals surface area contributed by atoms with Gasteiger partial charge in [-0.3, -0.25) is 0 Å². The lowest BCUT2D eigenvalue weighted by Gasteiger charge is -2.48. The Labute approximate surface area is 338 Å². The third-order valence-electron chi connectivity index (χ3n) is 15.3. The highest BCUT2D eigenvalue weighted by Gasteiger charge is 2.54. The van der Waals surface area contributed by atoms with Crippen molar-refractivity contribution < 1.29 is 0 Å². The molecule has 15 rings (SSSR count). The van der Waals surface area contributed by atoms with Crippen LogP contribution >= 0.6 is 0 Å². The molecule has 0 radical (unpaired) electrons. The molecule has 0 N–H and O–H groups in total. The van der Waals surface area contributed by atoms with Crippen molar-refractivity contribution in [1.29, 1.82) is 0 Å². The first-order chi connectivity index (χ1) is 28.8. The fourth-order valence-electron chi connectivity index (χ4n) is 13.1. The van der Waals surface area contributed by atoms with Crippen LogP contribution in [-0.4, -0.2) is 0 Å². The van der Waals surface area contributed by atoms with E-state index in [0.29, 0.717) is 23.7 Å². The standard InChI is InChI=1S/C58H36/c1-3-10-31(11-4-1)34-18-19-35(32-12-5-2-6-13-32)54-47-27-25-43-41-21-23-45-50-30-48-33(29-51-37-15-8-7-14-36(37)38-16-9-17-39(48)52(38)51)28-49(50)44-22-20-40(55(41)57(44)45)42-24-26-46(53(34)54)58(47)56(42)43/h1-7,9-14,16-30,55-58H,8,15H2. The van der Waals surface area contributed by atoms with E-state index in [1.165, 1.54) is 133 Å². The summed E-state index contributed by atoms with van der Waals surface area (Å²) in [6.07, 6.45) is 27.1. The first kappa shape index (κ1) is 30.4. The molecule has 0 spiro atoms. The summed E-state index contributed by atoms with van der Waals surface area (Å²) in [4.78, 5) is 0. The van der Waals surface area contributed by atoms with Crippen LogP contribution in [-0.2, 0) is 0 Å². The second-order valence-electron chi connectivity index (χ2n) is 17.6. The third-order valence-corrected chi connectivity index (χ3v) is 15.3. The summed E-state index contributed by atoms with van der Waals surface area (Å²) in [5.74, 6) is 1.28. The Morgan fingerprint density at radius 2 is 0.897 bits per heavy atom. The molecule has 1 saturated carbocycles. The third kappa shape index (κ3) is 3.57. The second kappa shape index (κ2) is 10.6. The molecular weight excluding hydrogens is 697 g/mol. The number of allylic oxidation sites excluding steroid dienone is 20. The highest BCUT2D eigenvalue weighted by Crippen LogP contribution is 2.68. The van der Waals surface area contributed by atoms with Crippen LogP contribution in [0, 0.1) is 23.7 Å². The number of benzene rings is 6. The van der Waals surface area contributed by atoms with E-state index in [1.54, 1.807) is 0 Å². The maximum atomic E-state index is 2.56. The smallest absolute Gasteiger partial charge is 0.0212 e. The lowest BCUT2D eigenvalue weighted by atomic mass is 9.54. The van der Waals surface area contributed by atoms with Gasteiger partial charge in [0.05, 0.1) is 0 Å². The van der Waals surface area contributed by atoms with Gasteiger partial charge in [0.15, 0.2) is 0 Å². The molecule has 6 aromatic carbocycles. The van der Waals surface area contributed by atoms with Gasteiger partial charge in [0, 0.05) is 23.7 Å². The molecule has 268 valence electrons. The summed E-state index contributed by atoms with van der Waals surface area (Å²) >= 11 is 0. The van der Waals surface area contributed by atoms with Crippen molar-refractivity contribution in [1.82, 2.24) is 0 Å². The average molecular weight is 733 g/mol. The maximum Gasteiger partial charge on any atom is 0.0212 e. The van der Waals surface area contributed by atoms with E-state index in [0.717, 1.165) is 12.8 Å². The van der Waals surface area contributed by atoms with Gasteiger partial charge < -0.3 is 0 Å². The van der Waals surface area contributed by atoms with Gasteiger partial charge in [-0.05, 0) is 164 Å². The molecule has 1 fully saturated rings. The van der Waals surface area contributed by atoms with E-state index in [2.05, 4.69) is 170 Å². The minimum atomic E-state index is 0.299. The van der Waals surface area contributed by atoms with Crippen molar-refractivity contribution >= 4 is 55.0 Å². The molecule has 9 aliphatic rings. The van der Waals surface area contributed by atoms with Crippen molar-refractivity contribution in [3.8, 4) is 22.3 Å². The number of rotatable bonds is 2. The summed E-state index contributed by atoms with van der Waals surface area (Å²) in [7, 11) is 0. The van der Waals surface area contributed by atoms with Crippen LogP contribution in [0.4, 0.5) is 0 Å². The maximum absolute atomic E-state index is 2.56. The van der Waals surface area contributed by atoms with Crippen molar-refractivity contribution in [3.05, 3.63) is 226 Å². The quantitative estimate of drug-likeness (QED) is 0.156. The van der Waals surface area contributed by atoms with Crippen LogP contribution in [0.1, 0.15) is 46.2 Å². The SMILES string of the molecule is C1=CC2=C(CC1)c1cc3cc4c(cc3c3cccc2c13)C1=CC=C2C3=CC=C5c6c(-c7ccccc7)ccc(-c7ccccc7)c6C6=CC=C(C7=CC=C4C1C72)C3C65. The number of fused-ring (bicyclic) bond motifs is 12. The van der Waals surface area contributed by atoms with Crippen LogP contribution in [0.25, 0.3) is 77.2 Å². The first-order valence-corrected chi connectivity index (χ1v) is 21.2. The van der Waals surface area contributed by atoms with Crippen LogP contribution in [0.5, 0.6) is 0 Å². The van der Waals surface area contributed by atoms with Gasteiger partial charge in [-0.25, -0.2) is 0 Å². The largest absolute Gasteiger partial charge is 0.0836 e. The molecule has 4 unspecified atom stereocenters. The molecule has 0 aromatic heterocycles. The van der Waals surface area contributed by atoms with Crippen molar-refractivity contribution in [2.45, 2.75) is 12.8 Å². The Morgan fingerprint density at radius 3 is 1.52 bits per heavy atom. The second-order valence-corrected chi connectivity index (χ2v) is 17.6. The van der Waals surface area contributed by atoms with Crippen LogP contribution in [0.3, 0.4) is 0 Å². The lowest BCUT2D eigenvalue weighted by Crippen LogP contribution is -2.37. The van der Waals surface area contributed by atoms with Crippen molar-refractivity contribution in [2.75, 3.05) is 0 Å². The molecule has 0 saturated heterocycles. The molecule has 0 nitrogen and oxygen atoms in total. The lowest BCUT2D eigenvalue weighted by molar-refractivity contribution is 0.525. The molecule has 0 heterocycles. The summed E-state index contributed by atoms with van der Waals surface area (Å²) in [6, 6.07) is 41.4.